The first kappa shape index (κ1) is 18.4. The highest BCUT2D eigenvalue weighted by Crippen LogP contribution is 2.41. The van der Waals surface area contributed by atoms with Crippen molar-refractivity contribution in [2.75, 3.05) is 26.0 Å². The molecule has 0 spiro atoms. The molecule has 1 fully saturated rings. The molecule has 23 heavy (non-hydrogen) atoms. The van der Waals surface area contributed by atoms with Crippen molar-refractivity contribution < 1.29 is 14.3 Å². The quantitative estimate of drug-likeness (QED) is 0.775. The summed E-state index contributed by atoms with van der Waals surface area (Å²) in [6.07, 6.45) is 0. The summed E-state index contributed by atoms with van der Waals surface area (Å²) in [5, 5.41) is 3.40. The van der Waals surface area contributed by atoms with Gasteiger partial charge in [-0.3, -0.25) is 9.59 Å². The minimum absolute atomic E-state index is 0.0690. The molecular weight excluding hydrogens is 359 g/mol. The van der Waals surface area contributed by atoms with Crippen LogP contribution in [0.2, 0.25) is 10.0 Å². The molecule has 126 valence electrons. The number of carbonyl (C=O) groups excluding carboxylic acids is 2. The molecule has 2 atom stereocenters. The third-order valence-corrected chi connectivity index (χ3v) is 5.50. The first-order valence-corrected chi connectivity index (χ1v) is 8.90. The van der Waals surface area contributed by atoms with E-state index in [1.807, 2.05) is 6.07 Å². The smallest absolute Gasteiger partial charge is 0.242 e. The number of carbonyl (C=O) groups is 2. The molecule has 8 heteroatoms. The van der Waals surface area contributed by atoms with Crippen LogP contribution in [0.15, 0.2) is 18.2 Å². The highest BCUT2D eigenvalue weighted by molar-refractivity contribution is 8.00. The minimum Gasteiger partial charge on any atom is -0.383 e. The Kier molecular flexibility index (Phi) is 6.59. The lowest BCUT2D eigenvalue weighted by Gasteiger charge is -2.29. The lowest BCUT2D eigenvalue weighted by molar-refractivity contribution is -0.137. The third kappa shape index (κ3) is 4.32. The Labute approximate surface area is 149 Å². The number of rotatable bonds is 6. The minimum atomic E-state index is -0.575. The molecule has 2 rings (SSSR count). The summed E-state index contributed by atoms with van der Waals surface area (Å²) in [5.41, 5.74) is 0.854. The fourth-order valence-corrected chi connectivity index (χ4v) is 3.88. The molecule has 2 amide bonds. The lowest BCUT2D eigenvalue weighted by Crippen LogP contribution is -2.47. The van der Waals surface area contributed by atoms with Gasteiger partial charge in [0.05, 0.1) is 22.4 Å². The van der Waals surface area contributed by atoms with E-state index in [1.165, 1.54) is 11.8 Å². The summed E-state index contributed by atoms with van der Waals surface area (Å²) in [6.45, 7) is 2.56. The van der Waals surface area contributed by atoms with Gasteiger partial charge >= 0.3 is 0 Å². The lowest BCUT2D eigenvalue weighted by atomic mass is 10.1. The summed E-state index contributed by atoms with van der Waals surface area (Å²) in [4.78, 5) is 26.0. The summed E-state index contributed by atoms with van der Waals surface area (Å²) in [6, 6.07) is 4.69. The number of amides is 2. The number of methoxy groups -OCH3 is 1. The van der Waals surface area contributed by atoms with E-state index < -0.39 is 6.04 Å². The molecule has 0 aliphatic carbocycles. The van der Waals surface area contributed by atoms with Gasteiger partial charge in [-0.1, -0.05) is 29.3 Å². The van der Waals surface area contributed by atoms with Crippen molar-refractivity contribution in [1.29, 1.82) is 0 Å². The highest BCUT2D eigenvalue weighted by atomic mass is 35.5. The monoisotopic (exact) mass is 376 g/mol. The molecule has 1 N–H and O–H groups in total. The highest BCUT2D eigenvalue weighted by Gasteiger charge is 2.38. The Morgan fingerprint density at radius 3 is 2.87 bits per heavy atom. The molecule has 2 unspecified atom stereocenters. The van der Waals surface area contributed by atoms with Gasteiger partial charge in [0, 0.05) is 13.7 Å². The van der Waals surface area contributed by atoms with Crippen LogP contribution in [-0.2, 0) is 14.3 Å². The zero-order chi connectivity index (χ0) is 17.0. The van der Waals surface area contributed by atoms with Crippen molar-refractivity contribution in [3.63, 3.8) is 0 Å². The fraction of sp³-hybridized carbons (Fsp3) is 0.467. The van der Waals surface area contributed by atoms with Crippen LogP contribution in [-0.4, -0.2) is 48.8 Å². The van der Waals surface area contributed by atoms with Crippen LogP contribution in [0.1, 0.15) is 17.9 Å². The summed E-state index contributed by atoms with van der Waals surface area (Å²) in [7, 11) is 1.57. The Balaban J connectivity index is 2.15. The van der Waals surface area contributed by atoms with Crippen LogP contribution in [0.25, 0.3) is 0 Å². The average Bonchev–Trinajstić information content (AvgIpc) is 2.91. The van der Waals surface area contributed by atoms with E-state index >= 15 is 0 Å². The van der Waals surface area contributed by atoms with E-state index in [1.54, 1.807) is 31.1 Å². The van der Waals surface area contributed by atoms with Gasteiger partial charge in [-0.25, -0.2) is 0 Å². The zero-order valence-electron chi connectivity index (χ0n) is 12.8. The first-order chi connectivity index (χ1) is 11.0. The number of hydrogen-bond donors (Lipinski definition) is 1. The second-order valence-corrected chi connectivity index (χ2v) is 6.98. The van der Waals surface area contributed by atoms with Crippen molar-refractivity contribution in [2.45, 2.75) is 18.3 Å². The van der Waals surface area contributed by atoms with Crippen LogP contribution in [0.3, 0.4) is 0 Å². The number of nitrogens with zero attached hydrogens (tertiary/aromatic N) is 1. The number of benzene rings is 1. The summed E-state index contributed by atoms with van der Waals surface area (Å²) >= 11 is 13.5. The van der Waals surface area contributed by atoms with Gasteiger partial charge in [0.15, 0.2) is 0 Å². The molecule has 1 aromatic carbocycles. The van der Waals surface area contributed by atoms with Gasteiger partial charge in [0.1, 0.15) is 11.4 Å². The second-order valence-electron chi connectivity index (χ2n) is 5.10. The zero-order valence-corrected chi connectivity index (χ0v) is 15.2. The number of ether oxygens (including phenoxy) is 1. The molecule has 0 aromatic heterocycles. The third-order valence-electron chi connectivity index (χ3n) is 3.54. The van der Waals surface area contributed by atoms with Gasteiger partial charge in [-0.15, -0.1) is 11.8 Å². The number of hydrogen-bond acceptors (Lipinski definition) is 4. The number of thioether (sulfide) groups is 1. The van der Waals surface area contributed by atoms with E-state index in [0.717, 1.165) is 5.56 Å². The normalized spacial score (nSPS) is 19.0. The van der Waals surface area contributed by atoms with Crippen LogP contribution in [0, 0.1) is 0 Å². The largest absolute Gasteiger partial charge is 0.383 e. The van der Waals surface area contributed by atoms with Gasteiger partial charge in [0.25, 0.3) is 0 Å². The average molecular weight is 377 g/mol. The molecule has 1 saturated heterocycles. The molecule has 0 radical (unpaired) electrons. The molecule has 1 aliphatic rings. The SMILES string of the molecule is COCCNC(=O)C(C)N1C(=O)CSC1c1ccc(Cl)c(Cl)c1. The standard InChI is InChI=1S/C15H18Cl2N2O3S/c1-9(14(21)18-5-6-22-2)19-13(20)8-23-15(19)10-3-4-11(16)12(17)7-10/h3-4,7,9,15H,5-6,8H2,1-2H3,(H,18,21). The fourth-order valence-electron chi connectivity index (χ4n) is 2.33. The van der Waals surface area contributed by atoms with Crippen molar-refractivity contribution in [3.05, 3.63) is 33.8 Å². The molecule has 1 aliphatic heterocycles. The van der Waals surface area contributed by atoms with E-state index in [4.69, 9.17) is 27.9 Å². The molecule has 0 saturated carbocycles. The Hall–Kier alpha value is -0.950. The Morgan fingerprint density at radius 2 is 2.22 bits per heavy atom. The summed E-state index contributed by atoms with van der Waals surface area (Å²) in [5.74, 6) is 0.0593. The van der Waals surface area contributed by atoms with E-state index in [0.29, 0.717) is 28.9 Å². The van der Waals surface area contributed by atoms with Crippen molar-refractivity contribution in [3.8, 4) is 0 Å². The molecular formula is C15H18Cl2N2O3S. The Bertz CT molecular complexity index is 600. The van der Waals surface area contributed by atoms with Crippen LogP contribution < -0.4 is 5.32 Å². The van der Waals surface area contributed by atoms with Gasteiger partial charge in [-0.05, 0) is 24.6 Å². The van der Waals surface area contributed by atoms with Crippen molar-refractivity contribution >= 4 is 46.8 Å². The predicted molar refractivity (Wildman–Crippen MR) is 92.9 cm³/mol. The maximum atomic E-state index is 12.2. The van der Waals surface area contributed by atoms with Crippen LogP contribution >= 0.6 is 35.0 Å². The maximum Gasteiger partial charge on any atom is 0.242 e. The van der Waals surface area contributed by atoms with Crippen molar-refractivity contribution in [1.82, 2.24) is 10.2 Å². The molecule has 5 nitrogen and oxygen atoms in total. The van der Waals surface area contributed by atoms with Gasteiger partial charge in [0.2, 0.25) is 11.8 Å². The van der Waals surface area contributed by atoms with E-state index in [9.17, 15) is 9.59 Å². The van der Waals surface area contributed by atoms with E-state index in [-0.39, 0.29) is 17.2 Å². The van der Waals surface area contributed by atoms with Crippen LogP contribution in [0.5, 0.6) is 0 Å². The predicted octanol–water partition coefficient (Wildman–Crippen LogP) is 2.72. The topological polar surface area (TPSA) is 58.6 Å². The maximum absolute atomic E-state index is 12.2. The van der Waals surface area contributed by atoms with Crippen molar-refractivity contribution in [2.24, 2.45) is 0 Å². The number of halogens is 2. The summed E-state index contributed by atoms with van der Waals surface area (Å²) < 4.78 is 4.91. The molecule has 1 aromatic rings. The second kappa shape index (κ2) is 8.24. The van der Waals surface area contributed by atoms with Gasteiger partial charge < -0.3 is 15.0 Å². The number of nitrogens with one attached hydrogen (secondary N) is 1. The molecule has 1 heterocycles. The molecule has 0 bridgehead atoms. The first-order valence-electron chi connectivity index (χ1n) is 7.10. The Morgan fingerprint density at radius 1 is 1.48 bits per heavy atom. The van der Waals surface area contributed by atoms with E-state index in [2.05, 4.69) is 5.32 Å². The van der Waals surface area contributed by atoms with Gasteiger partial charge in [-0.2, -0.15) is 0 Å². The van der Waals surface area contributed by atoms with Crippen LogP contribution in [0.4, 0.5) is 0 Å².